The Hall–Kier alpha value is -1.70. The summed E-state index contributed by atoms with van der Waals surface area (Å²) in [6.07, 6.45) is 4.74. The Morgan fingerprint density at radius 2 is 2.09 bits per heavy atom. The Kier molecular flexibility index (Phi) is 6.76. The molecule has 1 saturated carbocycles. The van der Waals surface area contributed by atoms with Crippen LogP contribution in [0.5, 0.6) is 0 Å². The lowest BCUT2D eigenvalue weighted by molar-refractivity contribution is 0.100. The first-order valence-electron chi connectivity index (χ1n) is 8.03. The molecule has 1 aromatic rings. The van der Waals surface area contributed by atoms with Crippen LogP contribution in [-0.4, -0.2) is 29.0 Å². The number of halogens is 1. The molecule has 23 heavy (non-hydrogen) atoms. The zero-order chi connectivity index (χ0) is 16.7. The van der Waals surface area contributed by atoms with Gasteiger partial charge in [0.15, 0.2) is 0 Å². The molecule has 0 heterocycles. The van der Waals surface area contributed by atoms with Crippen LogP contribution in [0.4, 0.5) is 5.69 Å². The summed E-state index contributed by atoms with van der Waals surface area (Å²) < 4.78 is 0. The summed E-state index contributed by atoms with van der Waals surface area (Å²) in [7, 11) is 0. The predicted octanol–water partition coefficient (Wildman–Crippen LogP) is 2.87. The molecule has 124 valence electrons. The van der Waals surface area contributed by atoms with E-state index >= 15 is 0 Å². The van der Waals surface area contributed by atoms with Crippen molar-refractivity contribution in [1.29, 1.82) is 0 Å². The number of carbonyl (C=O) groups excluding carboxylic acids is 1. The number of rotatable bonds is 5. The minimum atomic E-state index is -0.465. The van der Waals surface area contributed by atoms with Crippen LogP contribution in [0.25, 0.3) is 0 Å². The zero-order valence-corrected chi connectivity index (χ0v) is 13.9. The lowest BCUT2D eigenvalue weighted by atomic mass is 9.92. The van der Waals surface area contributed by atoms with Gasteiger partial charge in [0, 0.05) is 29.6 Å². The van der Waals surface area contributed by atoms with Crippen molar-refractivity contribution in [2.75, 3.05) is 11.2 Å². The predicted molar refractivity (Wildman–Crippen MR) is 93.7 cm³/mol. The third kappa shape index (κ3) is 5.46. The SMILES string of the molecule is NC(=O)c1cc(C#CCCCCl)ccc1NC1CCC(O)CC1. The zero-order valence-electron chi connectivity index (χ0n) is 13.1. The second kappa shape index (κ2) is 8.81. The third-order valence-electron chi connectivity index (χ3n) is 4.01. The van der Waals surface area contributed by atoms with Crippen LogP contribution in [0.15, 0.2) is 18.2 Å². The van der Waals surface area contributed by atoms with Crippen molar-refractivity contribution in [1.82, 2.24) is 0 Å². The normalized spacial score (nSPS) is 20.4. The van der Waals surface area contributed by atoms with Crippen LogP contribution < -0.4 is 11.1 Å². The van der Waals surface area contributed by atoms with Gasteiger partial charge in [-0.25, -0.2) is 0 Å². The van der Waals surface area contributed by atoms with E-state index in [1.807, 2.05) is 12.1 Å². The number of amides is 1. The van der Waals surface area contributed by atoms with Crippen LogP contribution in [0.3, 0.4) is 0 Å². The quantitative estimate of drug-likeness (QED) is 0.440. The molecule has 5 heteroatoms. The second-order valence-electron chi connectivity index (χ2n) is 5.87. The fourth-order valence-electron chi connectivity index (χ4n) is 2.71. The Balaban J connectivity index is 2.09. The van der Waals surface area contributed by atoms with Crippen molar-refractivity contribution in [3.63, 3.8) is 0 Å². The third-order valence-corrected chi connectivity index (χ3v) is 4.28. The lowest BCUT2D eigenvalue weighted by Gasteiger charge is -2.27. The molecule has 0 aromatic heterocycles. The summed E-state index contributed by atoms with van der Waals surface area (Å²) in [6, 6.07) is 5.74. The molecule has 1 aliphatic carbocycles. The minimum absolute atomic E-state index is 0.200. The van der Waals surface area contributed by atoms with E-state index in [1.165, 1.54) is 0 Å². The van der Waals surface area contributed by atoms with Gasteiger partial charge in [-0.3, -0.25) is 4.79 Å². The highest BCUT2D eigenvalue weighted by Crippen LogP contribution is 2.24. The van der Waals surface area contributed by atoms with Gasteiger partial charge in [0.05, 0.1) is 11.7 Å². The summed E-state index contributed by atoms with van der Waals surface area (Å²) in [5.41, 5.74) is 7.48. The Morgan fingerprint density at radius 1 is 1.35 bits per heavy atom. The average molecular weight is 335 g/mol. The van der Waals surface area contributed by atoms with Crippen molar-refractivity contribution in [2.45, 2.75) is 50.7 Å². The first-order valence-corrected chi connectivity index (χ1v) is 8.57. The largest absolute Gasteiger partial charge is 0.393 e. The molecule has 4 N–H and O–H groups in total. The number of anilines is 1. The maximum atomic E-state index is 11.7. The summed E-state index contributed by atoms with van der Waals surface area (Å²) in [6.45, 7) is 0. The molecule has 0 bridgehead atoms. The van der Waals surface area contributed by atoms with Gasteiger partial charge in [-0.15, -0.1) is 11.6 Å². The van der Waals surface area contributed by atoms with Crippen LogP contribution in [0.2, 0.25) is 0 Å². The molecule has 0 aliphatic heterocycles. The monoisotopic (exact) mass is 334 g/mol. The van der Waals surface area contributed by atoms with Crippen LogP contribution in [0, 0.1) is 11.8 Å². The number of aliphatic hydroxyl groups excluding tert-OH is 1. The number of unbranched alkanes of at least 4 members (excludes halogenated alkanes) is 1. The number of nitrogens with two attached hydrogens (primary N) is 1. The molecule has 0 radical (unpaired) electrons. The molecular weight excluding hydrogens is 312 g/mol. The maximum Gasteiger partial charge on any atom is 0.250 e. The highest BCUT2D eigenvalue weighted by atomic mass is 35.5. The van der Waals surface area contributed by atoms with Gasteiger partial charge in [0.1, 0.15) is 0 Å². The number of hydrogen-bond donors (Lipinski definition) is 3. The Labute approximate surface area is 142 Å². The van der Waals surface area contributed by atoms with Gasteiger partial charge >= 0.3 is 0 Å². The van der Waals surface area contributed by atoms with E-state index in [0.717, 1.165) is 49.8 Å². The summed E-state index contributed by atoms with van der Waals surface area (Å²) in [4.78, 5) is 11.7. The van der Waals surface area contributed by atoms with Gasteiger partial charge in [0.25, 0.3) is 5.91 Å². The van der Waals surface area contributed by atoms with Crippen molar-refractivity contribution in [3.05, 3.63) is 29.3 Å². The summed E-state index contributed by atoms with van der Waals surface area (Å²) in [5.74, 6) is 6.21. The molecular formula is C18H23ClN2O2. The van der Waals surface area contributed by atoms with E-state index in [4.69, 9.17) is 17.3 Å². The molecule has 0 atom stereocenters. The Bertz CT molecular complexity index is 599. The van der Waals surface area contributed by atoms with E-state index < -0.39 is 5.91 Å². The molecule has 1 fully saturated rings. The summed E-state index contributed by atoms with van der Waals surface area (Å²) >= 11 is 5.62. The van der Waals surface area contributed by atoms with Gasteiger partial charge in [-0.2, -0.15) is 0 Å². The number of aliphatic hydroxyl groups is 1. The van der Waals surface area contributed by atoms with Gasteiger partial charge in [-0.1, -0.05) is 11.8 Å². The molecule has 0 saturated heterocycles. The highest BCUT2D eigenvalue weighted by Gasteiger charge is 2.20. The molecule has 0 unspecified atom stereocenters. The number of alkyl halides is 1. The first-order chi connectivity index (χ1) is 11.1. The number of carbonyl (C=O) groups is 1. The molecule has 2 rings (SSSR count). The Morgan fingerprint density at radius 3 is 2.74 bits per heavy atom. The number of primary amides is 1. The molecule has 4 nitrogen and oxygen atoms in total. The topological polar surface area (TPSA) is 75.4 Å². The van der Waals surface area contributed by atoms with E-state index in [1.54, 1.807) is 6.07 Å². The van der Waals surface area contributed by atoms with E-state index in [2.05, 4.69) is 17.2 Å². The smallest absolute Gasteiger partial charge is 0.250 e. The molecule has 1 aliphatic rings. The minimum Gasteiger partial charge on any atom is -0.393 e. The van der Waals surface area contributed by atoms with Crippen LogP contribution in [-0.2, 0) is 0 Å². The van der Waals surface area contributed by atoms with E-state index in [9.17, 15) is 9.90 Å². The van der Waals surface area contributed by atoms with E-state index in [-0.39, 0.29) is 12.1 Å². The number of nitrogens with one attached hydrogen (secondary N) is 1. The fraction of sp³-hybridized carbons (Fsp3) is 0.500. The van der Waals surface area contributed by atoms with E-state index in [0.29, 0.717) is 11.4 Å². The van der Waals surface area contributed by atoms with Gasteiger partial charge < -0.3 is 16.2 Å². The van der Waals surface area contributed by atoms with Crippen LogP contribution in [0.1, 0.15) is 54.4 Å². The molecule has 1 amide bonds. The first kappa shape index (κ1) is 17.7. The van der Waals surface area contributed by atoms with Gasteiger partial charge in [-0.05, 0) is 50.3 Å². The van der Waals surface area contributed by atoms with Crippen molar-refractivity contribution < 1.29 is 9.90 Å². The summed E-state index contributed by atoms with van der Waals surface area (Å²) in [5, 5.41) is 12.9. The molecule has 1 aromatic carbocycles. The maximum absolute atomic E-state index is 11.7. The lowest BCUT2D eigenvalue weighted by Crippen LogP contribution is -2.29. The van der Waals surface area contributed by atoms with Crippen molar-refractivity contribution >= 4 is 23.2 Å². The standard InChI is InChI=1S/C18H23ClN2O2/c19-11-3-1-2-4-13-5-10-17(16(12-13)18(20)23)21-14-6-8-15(22)9-7-14/h5,10,12,14-15,21-22H,1,3,6-9,11H2,(H2,20,23). The molecule has 0 spiro atoms. The van der Waals surface area contributed by atoms with Gasteiger partial charge in [0.2, 0.25) is 0 Å². The van der Waals surface area contributed by atoms with Crippen molar-refractivity contribution in [3.8, 4) is 11.8 Å². The average Bonchev–Trinajstić information content (AvgIpc) is 2.54. The highest BCUT2D eigenvalue weighted by molar-refractivity contribution is 6.17. The van der Waals surface area contributed by atoms with Crippen molar-refractivity contribution in [2.24, 2.45) is 5.73 Å². The fourth-order valence-corrected chi connectivity index (χ4v) is 2.85. The van der Waals surface area contributed by atoms with Crippen LogP contribution >= 0.6 is 11.6 Å². The number of benzene rings is 1. The second-order valence-corrected chi connectivity index (χ2v) is 6.25. The number of hydrogen-bond acceptors (Lipinski definition) is 3.